The molecule has 0 N–H and O–H groups in total. The maximum Gasteiger partial charge on any atom is 0.0795 e. The summed E-state index contributed by atoms with van der Waals surface area (Å²) in [7, 11) is -1.24. The number of benzene rings is 3. The molecule has 0 fully saturated rings. The van der Waals surface area contributed by atoms with Gasteiger partial charge in [-0.15, -0.1) is 70.8 Å². The average molecular weight is 747 g/mol. The van der Waals surface area contributed by atoms with E-state index in [1.54, 1.807) is 0 Å². The van der Waals surface area contributed by atoms with E-state index < -0.39 is 8.07 Å². The van der Waals surface area contributed by atoms with Gasteiger partial charge in [-0.25, -0.2) is 0 Å². The van der Waals surface area contributed by atoms with Crippen molar-refractivity contribution in [1.82, 2.24) is 9.97 Å². The topological polar surface area (TPSA) is 25.8 Å². The molecule has 0 bridgehead atoms. The van der Waals surface area contributed by atoms with Crippen molar-refractivity contribution in [3.8, 4) is 22.5 Å². The Labute approximate surface area is 268 Å². The number of nitrogens with zero attached hydrogens (tertiary/aromatic N) is 2. The molecule has 0 amide bonds. The summed E-state index contributed by atoms with van der Waals surface area (Å²) in [5.41, 5.74) is 10.7. The van der Waals surface area contributed by atoms with Crippen molar-refractivity contribution < 1.29 is 20.1 Å². The van der Waals surface area contributed by atoms with Crippen LogP contribution in [0, 0.1) is 26.0 Å². The van der Waals surface area contributed by atoms with Crippen molar-refractivity contribution in [2.75, 3.05) is 0 Å². The molecule has 0 atom stereocenters. The van der Waals surface area contributed by atoms with Crippen molar-refractivity contribution >= 4 is 13.3 Å². The van der Waals surface area contributed by atoms with Crippen LogP contribution < -0.4 is 5.19 Å². The summed E-state index contributed by atoms with van der Waals surface area (Å²) in [6.45, 7) is 17.9. The Morgan fingerprint density at radius 3 is 1.90 bits per heavy atom. The molecule has 2 nitrogen and oxygen atoms in total. The second-order valence-electron chi connectivity index (χ2n) is 12.9. The van der Waals surface area contributed by atoms with Crippen molar-refractivity contribution in [3.05, 3.63) is 137 Å². The van der Waals surface area contributed by atoms with Crippen LogP contribution in [-0.4, -0.2) is 18.0 Å². The van der Waals surface area contributed by atoms with E-state index in [-0.39, 0.29) is 25.5 Å². The predicted molar refractivity (Wildman–Crippen MR) is 177 cm³/mol. The fourth-order valence-electron chi connectivity index (χ4n) is 4.43. The molecule has 42 heavy (non-hydrogen) atoms. The molecular weight excluding hydrogens is 705 g/mol. The number of aromatic nitrogens is 2. The van der Waals surface area contributed by atoms with Gasteiger partial charge in [0.2, 0.25) is 0 Å². The summed E-state index contributed by atoms with van der Waals surface area (Å²) in [4.78, 5) is 9.16. The van der Waals surface area contributed by atoms with Gasteiger partial charge in [0.1, 0.15) is 0 Å². The Morgan fingerprint density at radius 1 is 0.714 bits per heavy atom. The van der Waals surface area contributed by atoms with Gasteiger partial charge in [-0.1, -0.05) is 95.9 Å². The minimum Gasteiger partial charge on any atom is -0.305 e. The van der Waals surface area contributed by atoms with Crippen molar-refractivity contribution in [2.24, 2.45) is 0 Å². The smallest absolute Gasteiger partial charge is 0.0795 e. The first-order valence-electron chi connectivity index (χ1n) is 14.4. The summed E-state index contributed by atoms with van der Waals surface area (Å²) in [6, 6.07) is 36.3. The van der Waals surface area contributed by atoms with Crippen LogP contribution in [-0.2, 0) is 31.9 Å². The van der Waals surface area contributed by atoms with E-state index in [1.807, 2.05) is 18.5 Å². The Bertz CT molecular complexity index is 1550. The maximum atomic E-state index is 4.61. The van der Waals surface area contributed by atoms with Crippen LogP contribution in [0.4, 0.5) is 0 Å². The van der Waals surface area contributed by atoms with Gasteiger partial charge in [-0.2, -0.15) is 0 Å². The molecule has 0 aliphatic heterocycles. The largest absolute Gasteiger partial charge is 0.305 e. The van der Waals surface area contributed by atoms with E-state index in [9.17, 15) is 0 Å². The number of aryl methyl sites for hydroxylation is 2. The Morgan fingerprint density at radius 2 is 1.36 bits per heavy atom. The fraction of sp³-hybridized carbons (Fsp3) is 0.263. The number of rotatable bonds is 5. The zero-order valence-electron chi connectivity index (χ0n) is 26.2. The molecule has 5 rings (SSSR count). The summed E-state index contributed by atoms with van der Waals surface area (Å²) in [5, 5.41) is 1.40. The first kappa shape index (κ1) is 33.3. The first-order chi connectivity index (χ1) is 19.4. The molecule has 0 aliphatic carbocycles. The molecule has 0 unspecified atom stereocenters. The minimum absolute atomic E-state index is 0. The number of hydrogen-bond acceptors (Lipinski definition) is 2. The summed E-state index contributed by atoms with van der Waals surface area (Å²) < 4.78 is 0. The van der Waals surface area contributed by atoms with Gasteiger partial charge >= 0.3 is 0 Å². The molecular formula is C38H42IrN2Si-2. The van der Waals surface area contributed by atoms with Crippen LogP contribution in [0.2, 0.25) is 19.6 Å². The summed E-state index contributed by atoms with van der Waals surface area (Å²) in [6.07, 6.45) is 4.93. The van der Waals surface area contributed by atoms with E-state index in [0.29, 0.717) is 0 Å². The van der Waals surface area contributed by atoms with Crippen LogP contribution in [0.1, 0.15) is 48.6 Å². The predicted octanol–water partition coefficient (Wildman–Crippen LogP) is 9.15. The molecule has 0 saturated carbocycles. The van der Waals surface area contributed by atoms with Gasteiger partial charge in [0.15, 0.2) is 0 Å². The number of hydrogen-bond donors (Lipinski definition) is 0. The summed E-state index contributed by atoms with van der Waals surface area (Å²) >= 11 is 0. The zero-order chi connectivity index (χ0) is 29.6. The van der Waals surface area contributed by atoms with Gasteiger partial charge in [0.25, 0.3) is 0 Å². The Kier molecular flexibility index (Phi) is 11.4. The number of pyridine rings is 2. The molecule has 219 valence electrons. The van der Waals surface area contributed by atoms with E-state index >= 15 is 0 Å². The second-order valence-corrected chi connectivity index (χ2v) is 17.9. The third-order valence-electron chi connectivity index (χ3n) is 7.28. The first-order valence-corrected chi connectivity index (χ1v) is 17.9. The third kappa shape index (κ3) is 9.16. The molecule has 0 saturated heterocycles. The standard InChI is InChI=1S/C23H24N.C15H18NSi.Ir/c1-17-16-24-22(15-20(17)14-18-8-6-5-7-9-18)19-10-12-21(13-11-19)23(2,3)4;1-12-5-7-13(8-6-12)15-10-9-14(11-16-15)17(2,3)4;/h5-10,12-13,15-16H,14H2,1-4H3;5-7,9-11H,1-4H3;/q2*-1;. The van der Waals surface area contributed by atoms with Gasteiger partial charge in [-0.05, 0) is 52.0 Å². The van der Waals surface area contributed by atoms with E-state index in [0.717, 1.165) is 28.9 Å². The molecule has 2 aromatic heterocycles. The van der Waals surface area contributed by atoms with Crippen LogP contribution in [0.3, 0.4) is 0 Å². The van der Waals surface area contributed by atoms with E-state index in [1.165, 1.54) is 33.0 Å². The van der Waals surface area contributed by atoms with Gasteiger partial charge in [0.05, 0.1) is 8.07 Å². The van der Waals surface area contributed by atoms with Gasteiger partial charge in [-0.3, -0.25) is 0 Å². The molecule has 3 aromatic carbocycles. The molecule has 0 spiro atoms. The quantitative estimate of drug-likeness (QED) is 0.133. The molecule has 1 radical (unpaired) electrons. The van der Waals surface area contributed by atoms with E-state index in [2.05, 4.69) is 155 Å². The van der Waals surface area contributed by atoms with Gasteiger partial charge in [0, 0.05) is 32.5 Å². The molecule has 0 aliphatic rings. The molecule has 4 heteroatoms. The summed E-state index contributed by atoms with van der Waals surface area (Å²) in [5.74, 6) is 0. The van der Waals surface area contributed by atoms with Gasteiger partial charge < -0.3 is 9.97 Å². The van der Waals surface area contributed by atoms with Crippen LogP contribution in [0.25, 0.3) is 22.5 Å². The van der Waals surface area contributed by atoms with E-state index in [4.69, 9.17) is 0 Å². The van der Waals surface area contributed by atoms with Crippen LogP contribution >= 0.6 is 0 Å². The monoisotopic (exact) mass is 747 g/mol. The van der Waals surface area contributed by atoms with Crippen molar-refractivity contribution in [3.63, 3.8) is 0 Å². The third-order valence-corrected chi connectivity index (χ3v) is 9.31. The Hall–Kier alpha value is -3.17. The zero-order valence-corrected chi connectivity index (χ0v) is 29.6. The SMILES string of the molecule is Cc1c[c-]c(-c2ccc([Si](C)(C)C)cn2)cc1.Cc1cnc(-c2[c-]cc(C(C)(C)C)cc2)cc1Cc1ccccc1.[Ir]. The maximum absolute atomic E-state index is 4.61. The van der Waals surface area contributed by atoms with Crippen LogP contribution in [0.15, 0.2) is 97.3 Å². The van der Waals surface area contributed by atoms with Crippen molar-refractivity contribution in [1.29, 1.82) is 0 Å². The van der Waals surface area contributed by atoms with Crippen molar-refractivity contribution in [2.45, 2.75) is 66.1 Å². The molecule has 5 aromatic rings. The average Bonchev–Trinajstić information content (AvgIpc) is 2.95. The Balaban J connectivity index is 0.000000238. The second kappa shape index (κ2) is 14.3. The molecule has 2 heterocycles. The fourth-order valence-corrected chi connectivity index (χ4v) is 5.46. The van der Waals surface area contributed by atoms with Crippen LogP contribution in [0.5, 0.6) is 0 Å². The minimum atomic E-state index is -1.24. The normalized spacial score (nSPS) is 11.2.